The Hall–Kier alpha value is -1.17. The molecular weight excluding hydrogens is 242 g/mol. The van der Waals surface area contributed by atoms with E-state index in [0.717, 1.165) is 45.2 Å². The van der Waals surface area contributed by atoms with Gasteiger partial charge in [-0.15, -0.1) is 0 Å². The third-order valence-corrected chi connectivity index (χ3v) is 2.81. The van der Waals surface area contributed by atoms with E-state index in [-0.39, 0.29) is 0 Å². The van der Waals surface area contributed by atoms with Gasteiger partial charge < -0.3 is 14.8 Å². The average Bonchev–Trinajstić information content (AvgIpc) is 2.44. The van der Waals surface area contributed by atoms with Crippen molar-refractivity contribution in [3.63, 3.8) is 0 Å². The number of hydrogen-bond donors (Lipinski definition) is 1. The number of hydrogen-bond acceptors (Lipinski definition) is 5. The van der Waals surface area contributed by atoms with Crippen LogP contribution in [0.3, 0.4) is 0 Å². The molecule has 108 valence electrons. The maximum Gasteiger partial charge on any atom is 0.125 e. The van der Waals surface area contributed by atoms with E-state index in [0.29, 0.717) is 0 Å². The standard InChI is InChI=1S/C14H25N3O2/c1-4-15-14-6-5-13(11-16-14)12-17(7-9-18-2)8-10-19-3/h5-6,11H,4,7-10,12H2,1-3H3,(H,15,16). The van der Waals surface area contributed by atoms with Crippen LogP contribution in [0.15, 0.2) is 18.3 Å². The molecule has 0 aliphatic heterocycles. The summed E-state index contributed by atoms with van der Waals surface area (Å²) in [6.07, 6.45) is 1.92. The molecule has 0 saturated carbocycles. The van der Waals surface area contributed by atoms with E-state index >= 15 is 0 Å². The zero-order valence-corrected chi connectivity index (χ0v) is 12.2. The Bertz CT molecular complexity index is 322. The third-order valence-electron chi connectivity index (χ3n) is 2.81. The minimum Gasteiger partial charge on any atom is -0.383 e. The summed E-state index contributed by atoms with van der Waals surface area (Å²) in [4.78, 5) is 6.68. The molecule has 0 saturated heterocycles. The van der Waals surface area contributed by atoms with Gasteiger partial charge in [0.2, 0.25) is 0 Å². The molecule has 0 aliphatic rings. The molecule has 0 aromatic carbocycles. The lowest BCUT2D eigenvalue weighted by Crippen LogP contribution is -2.30. The van der Waals surface area contributed by atoms with Gasteiger partial charge >= 0.3 is 0 Å². The number of pyridine rings is 1. The lowest BCUT2D eigenvalue weighted by molar-refractivity contribution is 0.110. The van der Waals surface area contributed by atoms with Crippen LogP contribution in [0.2, 0.25) is 0 Å². The normalized spacial score (nSPS) is 10.9. The van der Waals surface area contributed by atoms with Crippen LogP contribution in [-0.4, -0.2) is 57.0 Å². The molecule has 0 fully saturated rings. The molecule has 0 bridgehead atoms. The fraction of sp³-hybridized carbons (Fsp3) is 0.643. The fourth-order valence-corrected chi connectivity index (χ4v) is 1.77. The molecule has 0 spiro atoms. The monoisotopic (exact) mass is 267 g/mol. The summed E-state index contributed by atoms with van der Waals surface area (Å²) >= 11 is 0. The Morgan fingerprint density at radius 3 is 2.32 bits per heavy atom. The minimum atomic E-state index is 0.729. The first-order chi connectivity index (χ1) is 9.30. The maximum atomic E-state index is 5.13. The van der Waals surface area contributed by atoms with Crippen LogP contribution in [0.5, 0.6) is 0 Å². The molecule has 5 heteroatoms. The molecule has 1 rings (SSSR count). The van der Waals surface area contributed by atoms with Crippen LogP contribution in [0, 0.1) is 0 Å². The Balaban J connectivity index is 2.51. The van der Waals surface area contributed by atoms with Crippen molar-refractivity contribution in [2.45, 2.75) is 13.5 Å². The summed E-state index contributed by atoms with van der Waals surface area (Å²) in [6.45, 7) is 7.07. The number of methoxy groups -OCH3 is 2. The van der Waals surface area contributed by atoms with Gasteiger partial charge in [-0.3, -0.25) is 4.90 Å². The summed E-state index contributed by atoms with van der Waals surface area (Å²) in [6, 6.07) is 4.13. The van der Waals surface area contributed by atoms with Crippen LogP contribution in [0.1, 0.15) is 12.5 Å². The highest BCUT2D eigenvalue weighted by Gasteiger charge is 2.06. The van der Waals surface area contributed by atoms with Crippen LogP contribution in [0.25, 0.3) is 0 Å². The SMILES string of the molecule is CCNc1ccc(CN(CCOC)CCOC)cn1. The summed E-state index contributed by atoms with van der Waals surface area (Å²) in [7, 11) is 3.45. The number of nitrogens with one attached hydrogen (secondary N) is 1. The van der Waals surface area contributed by atoms with E-state index in [1.54, 1.807) is 14.2 Å². The number of nitrogens with zero attached hydrogens (tertiary/aromatic N) is 2. The lowest BCUT2D eigenvalue weighted by Gasteiger charge is -2.21. The van der Waals surface area contributed by atoms with Gasteiger partial charge in [-0.25, -0.2) is 4.98 Å². The van der Waals surface area contributed by atoms with Crippen molar-refractivity contribution in [3.8, 4) is 0 Å². The third kappa shape index (κ3) is 6.52. The van der Waals surface area contributed by atoms with E-state index in [1.807, 2.05) is 12.3 Å². The van der Waals surface area contributed by atoms with E-state index in [4.69, 9.17) is 9.47 Å². The van der Waals surface area contributed by atoms with Crippen molar-refractivity contribution in [3.05, 3.63) is 23.9 Å². The number of rotatable bonds is 10. The molecule has 0 amide bonds. The van der Waals surface area contributed by atoms with Crippen LogP contribution in [-0.2, 0) is 16.0 Å². The van der Waals surface area contributed by atoms with Gasteiger partial charge in [0.1, 0.15) is 5.82 Å². The summed E-state index contributed by atoms with van der Waals surface area (Å²) < 4.78 is 10.3. The second kappa shape index (κ2) is 9.72. The van der Waals surface area contributed by atoms with Crippen molar-refractivity contribution >= 4 is 5.82 Å². The second-order valence-corrected chi connectivity index (χ2v) is 4.34. The predicted octanol–water partition coefficient (Wildman–Crippen LogP) is 1.61. The van der Waals surface area contributed by atoms with Crippen molar-refractivity contribution in [1.82, 2.24) is 9.88 Å². The summed E-state index contributed by atoms with van der Waals surface area (Å²) in [5, 5.41) is 3.19. The zero-order valence-electron chi connectivity index (χ0n) is 12.2. The van der Waals surface area contributed by atoms with Gasteiger partial charge in [0.25, 0.3) is 0 Å². The van der Waals surface area contributed by atoms with E-state index < -0.39 is 0 Å². The van der Waals surface area contributed by atoms with Crippen LogP contribution < -0.4 is 5.32 Å². The van der Waals surface area contributed by atoms with Crippen molar-refractivity contribution in [1.29, 1.82) is 0 Å². The Morgan fingerprint density at radius 1 is 1.16 bits per heavy atom. The van der Waals surface area contributed by atoms with Crippen molar-refractivity contribution in [2.75, 3.05) is 52.4 Å². The number of ether oxygens (including phenoxy) is 2. The number of aromatic nitrogens is 1. The van der Waals surface area contributed by atoms with Crippen molar-refractivity contribution < 1.29 is 9.47 Å². The molecule has 1 aromatic rings. The summed E-state index contributed by atoms with van der Waals surface area (Å²) in [5.74, 6) is 0.923. The predicted molar refractivity (Wildman–Crippen MR) is 77.4 cm³/mol. The Morgan fingerprint density at radius 2 is 1.84 bits per heavy atom. The molecule has 0 radical (unpaired) electrons. The highest BCUT2D eigenvalue weighted by molar-refractivity contribution is 5.35. The van der Waals surface area contributed by atoms with Gasteiger partial charge in [0.05, 0.1) is 13.2 Å². The first-order valence-electron chi connectivity index (χ1n) is 6.69. The quantitative estimate of drug-likeness (QED) is 0.698. The van der Waals surface area contributed by atoms with E-state index in [1.165, 1.54) is 5.56 Å². The molecule has 1 aromatic heterocycles. The smallest absolute Gasteiger partial charge is 0.125 e. The molecule has 1 heterocycles. The van der Waals surface area contributed by atoms with Gasteiger partial charge in [0, 0.05) is 46.6 Å². The Labute approximate surface area is 115 Å². The first-order valence-corrected chi connectivity index (χ1v) is 6.69. The highest BCUT2D eigenvalue weighted by Crippen LogP contribution is 2.07. The van der Waals surface area contributed by atoms with E-state index in [2.05, 4.69) is 28.2 Å². The van der Waals surface area contributed by atoms with Gasteiger partial charge in [-0.05, 0) is 18.6 Å². The minimum absolute atomic E-state index is 0.729. The lowest BCUT2D eigenvalue weighted by atomic mass is 10.2. The maximum absolute atomic E-state index is 5.13. The second-order valence-electron chi connectivity index (χ2n) is 4.34. The van der Waals surface area contributed by atoms with Crippen LogP contribution in [0.4, 0.5) is 5.82 Å². The van der Waals surface area contributed by atoms with Gasteiger partial charge in [0.15, 0.2) is 0 Å². The van der Waals surface area contributed by atoms with Crippen molar-refractivity contribution in [2.24, 2.45) is 0 Å². The number of anilines is 1. The molecule has 19 heavy (non-hydrogen) atoms. The zero-order chi connectivity index (χ0) is 13.9. The highest BCUT2D eigenvalue weighted by atomic mass is 16.5. The molecule has 5 nitrogen and oxygen atoms in total. The van der Waals surface area contributed by atoms with Crippen LogP contribution >= 0.6 is 0 Å². The Kier molecular flexibility index (Phi) is 8.13. The average molecular weight is 267 g/mol. The van der Waals surface area contributed by atoms with Gasteiger partial charge in [-0.1, -0.05) is 6.07 Å². The largest absolute Gasteiger partial charge is 0.383 e. The van der Waals surface area contributed by atoms with E-state index in [9.17, 15) is 0 Å². The molecule has 0 aliphatic carbocycles. The molecule has 0 atom stereocenters. The topological polar surface area (TPSA) is 46.6 Å². The summed E-state index contributed by atoms with van der Waals surface area (Å²) in [5.41, 5.74) is 1.20. The van der Waals surface area contributed by atoms with Gasteiger partial charge in [-0.2, -0.15) is 0 Å². The molecule has 0 unspecified atom stereocenters. The first kappa shape index (κ1) is 15.9. The molecular formula is C14H25N3O2. The molecule has 1 N–H and O–H groups in total. The fourth-order valence-electron chi connectivity index (χ4n) is 1.77.